The number of fused-ring (bicyclic) bond motifs is 1. The van der Waals surface area contributed by atoms with E-state index in [1.807, 2.05) is 24.3 Å². The number of amides is 1. The molecule has 1 aliphatic heterocycles. The lowest BCUT2D eigenvalue weighted by Crippen LogP contribution is -2.45. The van der Waals surface area contributed by atoms with Gasteiger partial charge in [0.1, 0.15) is 6.10 Å². The molecule has 0 saturated heterocycles. The Labute approximate surface area is 94.7 Å². The normalized spacial score (nSPS) is 16.8. The van der Waals surface area contributed by atoms with E-state index in [2.05, 4.69) is 0 Å². The average molecular weight is 220 g/mol. The molecule has 16 heavy (non-hydrogen) atoms. The van der Waals surface area contributed by atoms with Crippen LogP contribution in [0.25, 0.3) is 0 Å². The first-order valence-corrected chi connectivity index (χ1v) is 5.51. The van der Waals surface area contributed by atoms with Crippen molar-refractivity contribution in [2.75, 3.05) is 18.0 Å². The molecule has 1 amide bonds. The van der Waals surface area contributed by atoms with Gasteiger partial charge in [-0.2, -0.15) is 0 Å². The minimum Gasteiger partial charge on any atom is -0.382 e. The third kappa shape index (κ3) is 1.94. The molecule has 1 aromatic carbocycles. The van der Waals surface area contributed by atoms with Crippen LogP contribution in [0.15, 0.2) is 24.3 Å². The second-order valence-electron chi connectivity index (χ2n) is 3.97. The summed E-state index contributed by atoms with van der Waals surface area (Å²) in [5, 5.41) is 9.49. The van der Waals surface area contributed by atoms with Gasteiger partial charge in [0.15, 0.2) is 0 Å². The van der Waals surface area contributed by atoms with Gasteiger partial charge in [0.25, 0.3) is 5.91 Å². The zero-order valence-electron chi connectivity index (χ0n) is 9.10. The van der Waals surface area contributed by atoms with E-state index in [4.69, 9.17) is 5.73 Å². The van der Waals surface area contributed by atoms with E-state index in [1.54, 1.807) is 4.90 Å². The number of aliphatic hydroxyl groups excluding tert-OH is 1. The highest BCUT2D eigenvalue weighted by Gasteiger charge is 2.26. The maximum atomic E-state index is 11.9. The number of nitrogens with zero attached hydrogens (tertiary/aromatic N) is 1. The van der Waals surface area contributed by atoms with Gasteiger partial charge >= 0.3 is 0 Å². The fourth-order valence-electron chi connectivity index (χ4n) is 2.04. The number of aryl methyl sites for hydroxylation is 1. The summed E-state index contributed by atoms with van der Waals surface area (Å²) in [5.41, 5.74) is 7.37. The van der Waals surface area contributed by atoms with E-state index >= 15 is 0 Å². The quantitative estimate of drug-likeness (QED) is 0.752. The third-order valence-electron chi connectivity index (χ3n) is 2.88. The van der Waals surface area contributed by atoms with Crippen LogP contribution in [0.3, 0.4) is 0 Å². The van der Waals surface area contributed by atoms with E-state index in [1.165, 1.54) is 0 Å². The lowest BCUT2D eigenvalue weighted by Gasteiger charge is -2.30. The van der Waals surface area contributed by atoms with Gasteiger partial charge in [-0.25, -0.2) is 0 Å². The summed E-state index contributed by atoms with van der Waals surface area (Å²) in [6.45, 7) is 0.629. The highest BCUT2D eigenvalue weighted by molar-refractivity contribution is 5.97. The van der Waals surface area contributed by atoms with Crippen LogP contribution in [0, 0.1) is 0 Å². The highest BCUT2D eigenvalue weighted by atomic mass is 16.3. The van der Waals surface area contributed by atoms with Crippen molar-refractivity contribution in [3.63, 3.8) is 0 Å². The van der Waals surface area contributed by atoms with E-state index < -0.39 is 6.10 Å². The zero-order chi connectivity index (χ0) is 11.5. The Morgan fingerprint density at radius 3 is 3.00 bits per heavy atom. The van der Waals surface area contributed by atoms with Gasteiger partial charge in [-0.3, -0.25) is 4.79 Å². The molecule has 3 N–H and O–H groups in total. The fourth-order valence-corrected chi connectivity index (χ4v) is 2.04. The molecule has 1 aromatic rings. The van der Waals surface area contributed by atoms with Gasteiger partial charge in [-0.05, 0) is 24.5 Å². The van der Waals surface area contributed by atoms with Crippen LogP contribution in [0.1, 0.15) is 12.0 Å². The van der Waals surface area contributed by atoms with Gasteiger partial charge in [0.2, 0.25) is 0 Å². The van der Waals surface area contributed by atoms with Gasteiger partial charge in [0.05, 0.1) is 0 Å². The molecule has 1 heterocycles. The van der Waals surface area contributed by atoms with Gasteiger partial charge in [0, 0.05) is 18.8 Å². The van der Waals surface area contributed by atoms with Crippen molar-refractivity contribution in [3.8, 4) is 0 Å². The van der Waals surface area contributed by atoms with E-state index in [0.29, 0.717) is 6.54 Å². The van der Waals surface area contributed by atoms with Crippen LogP contribution in [-0.2, 0) is 11.2 Å². The van der Waals surface area contributed by atoms with Gasteiger partial charge < -0.3 is 15.7 Å². The summed E-state index contributed by atoms with van der Waals surface area (Å²) in [5.74, 6) is -0.297. The van der Waals surface area contributed by atoms with Gasteiger partial charge in [-0.1, -0.05) is 18.2 Å². The predicted molar refractivity (Wildman–Crippen MR) is 62.2 cm³/mol. The number of hydrogen-bond donors (Lipinski definition) is 2. The van der Waals surface area contributed by atoms with Crippen molar-refractivity contribution >= 4 is 11.6 Å². The minimum atomic E-state index is -1.09. The number of aliphatic hydroxyl groups is 1. The molecule has 2 rings (SSSR count). The summed E-state index contributed by atoms with van der Waals surface area (Å²) in [6.07, 6.45) is 0.824. The second-order valence-corrected chi connectivity index (χ2v) is 3.97. The number of carbonyl (C=O) groups excluding carboxylic acids is 1. The number of nitrogens with two attached hydrogens (primary N) is 1. The van der Waals surface area contributed by atoms with E-state index in [9.17, 15) is 9.90 Å². The van der Waals surface area contributed by atoms with Crippen molar-refractivity contribution in [1.82, 2.24) is 0 Å². The molecule has 4 nitrogen and oxygen atoms in total. The zero-order valence-corrected chi connectivity index (χ0v) is 9.10. The molecule has 0 spiro atoms. The third-order valence-corrected chi connectivity index (χ3v) is 2.88. The molecular formula is C12H16N2O2. The van der Waals surface area contributed by atoms with E-state index in [0.717, 1.165) is 24.1 Å². The van der Waals surface area contributed by atoms with Crippen molar-refractivity contribution in [1.29, 1.82) is 0 Å². The van der Waals surface area contributed by atoms with Gasteiger partial charge in [-0.15, -0.1) is 0 Å². The molecule has 0 bridgehead atoms. The molecule has 4 heteroatoms. The Morgan fingerprint density at radius 2 is 2.25 bits per heavy atom. The number of carbonyl (C=O) groups is 1. The standard InChI is InChI=1S/C12H16N2O2/c13-8-11(15)12(16)14-7-3-5-9-4-1-2-6-10(9)14/h1-2,4,6,11,15H,3,5,7-8,13H2. The summed E-state index contributed by atoms with van der Waals surface area (Å²) < 4.78 is 0. The Hall–Kier alpha value is -1.39. The number of rotatable bonds is 2. The average Bonchev–Trinajstić information content (AvgIpc) is 2.36. The predicted octanol–water partition coefficient (Wildman–Crippen LogP) is 0.285. The molecule has 0 aromatic heterocycles. The second kappa shape index (κ2) is 4.63. The van der Waals surface area contributed by atoms with E-state index in [-0.39, 0.29) is 12.5 Å². The molecule has 0 fully saturated rings. The Kier molecular flexibility index (Phi) is 3.22. The van der Waals surface area contributed by atoms with Crippen molar-refractivity contribution in [2.24, 2.45) is 5.73 Å². The van der Waals surface area contributed by atoms with Crippen LogP contribution in [0.2, 0.25) is 0 Å². The summed E-state index contributed by atoms with van der Waals surface area (Å²) in [7, 11) is 0. The van der Waals surface area contributed by atoms with Crippen LogP contribution in [0.4, 0.5) is 5.69 Å². The van der Waals surface area contributed by atoms with Crippen LogP contribution in [-0.4, -0.2) is 30.2 Å². The summed E-state index contributed by atoms with van der Waals surface area (Å²) in [6, 6.07) is 7.80. The molecule has 1 atom stereocenters. The van der Waals surface area contributed by atoms with Crippen molar-refractivity contribution in [2.45, 2.75) is 18.9 Å². The molecule has 0 saturated carbocycles. The van der Waals surface area contributed by atoms with Crippen molar-refractivity contribution in [3.05, 3.63) is 29.8 Å². The Balaban J connectivity index is 2.28. The van der Waals surface area contributed by atoms with Crippen LogP contribution >= 0.6 is 0 Å². The topological polar surface area (TPSA) is 66.6 Å². The number of para-hydroxylation sites is 1. The smallest absolute Gasteiger partial charge is 0.257 e. The number of hydrogen-bond acceptors (Lipinski definition) is 3. The molecule has 1 unspecified atom stereocenters. The first kappa shape index (κ1) is 11.1. The molecule has 0 aliphatic carbocycles. The minimum absolute atomic E-state index is 0.0303. The molecular weight excluding hydrogens is 204 g/mol. The SMILES string of the molecule is NCC(O)C(=O)N1CCCc2ccccc21. The highest BCUT2D eigenvalue weighted by Crippen LogP contribution is 2.26. The first-order chi connectivity index (χ1) is 7.74. The molecule has 86 valence electrons. The first-order valence-electron chi connectivity index (χ1n) is 5.51. The maximum Gasteiger partial charge on any atom is 0.257 e. The van der Waals surface area contributed by atoms with Crippen molar-refractivity contribution < 1.29 is 9.90 Å². The molecule has 1 aliphatic rings. The molecule has 0 radical (unpaired) electrons. The summed E-state index contributed by atoms with van der Waals surface area (Å²) >= 11 is 0. The Bertz CT molecular complexity index is 392. The number of anilines is 1. The number of benzene rings is 1. The maximum absolute atomic E-state index is 11.9. The van der Waals surface area contributed by atoms with Crippen LogP contribution < -0.4 is 10.6 Å². The summed E-state index contributed by atoms with van der Waals surface area (Å²) in [4.78, 5) is 13.5. The lowest BCUT2D eigenvalue weighted by atomic mass is 10.0. The fraction of sp³-hybridized carbons (Fsp3) is 0.417. The van der Waals surface area contributed by atoms with Crippen LogP contribution in [0.5, 0.6) is 0 Å². The lowest BCUT2D eigenvalue weighted by molar-refractivity contribution is -0.126. The largest absolute Gasteiger partial charge is 0.382 e. The Morgan fingerprint density at radius 1 is 1.50 bits per heavy atom. The monoisotopic (exact) mass is 220 g/mol.